The van der Waals surface area contributed by atoms with Crippen molar-refractivity contribution in [1.82, 2.24) is 14.6 Å². The van der Waals surface area contributed by atoms with Crippen LogP contribution in [0.2, 0.25) is 0 Å². The lowest BCUT2D eigenvalue weighted by atomic mass is 10.1. The van der Waals surface area contributed by atoms with Gasteiger partial charge in [-0.25, -0.2) is 9.36 Å². The van der Waals surface area contributed by atoms with Crippen molar-refractivity contribution in [2.24, 2.45) is 0 Å². The van der Waals surface area contributed by atoms with E-state index < -0.39 is 61.9 Å². The number of benzene rings is 2. The molecular weight excluding hydrogens is 572 g/mol. The molecule has 42 heavy (non-hydrogen) atoms. The third-order valence-corrected chi connectivity index (χ3v) is 8.39. The van der Waals surface area contributed by atoms with E-state index in [0.717, 1.165) is 29.2 Å². The van der Waals surface area contributed by atoms with Gasteiger partial charge in [-0.1, -0.05) is 62.6 Å². The number of nitrogens with zero attached hydrogens (tertiary/aromatic N) is 1. The Morgan fingerprint density at radius 3 is 2.76 bits per heavy atom. The zero-order valence-electron chi connectivity index (χ0n) is 23.4. The van der Waals surface area contributed by atoms with Crippen LogP contribution in [0.25, 0.3) is 10.8 Å². The number of hydrogen-bond donors (Lipinski definition) is 3. The van der Waals surface area contributed by atoms with Gasteiger partial charge in [-0.15, -0.1) is 0 Å². The zero-order valence-corrected chi connectivity index (χ0v) is 24.3. The lowest BCUT2D eigenvalue weighted by Crippen LogP contribution is -2.36. The summed E-state index contributed by atoms with van der Waals surface area (Å²) in [7, 11) is -4.32. The summed E-state index contributed by atoms with van der Waals surface area (Å²) in [6.07, 6.45) is 0.798. The molecule has 5 atom stereocenters. The Hall–Kier alpha value is -3.35. The third kappa shape index (κ3) is 7.93. The molecule has 1 aromatic heterocycles. The van der Waals surface area contributed by atoms with Crippen LogP contribution in [-0.2, 0) is 23.4 Å². The number of carbonyl (C=O) groups is 1. The van der Waals surface area contributed by atoms with E-state index in [1.54, 1.807) is 24.3 Å². The van der Waals surface area contributed by atoms with Crippen molar-refractivity contribution in [3.05, 3.63) is 75.3 Å². The summed E-state index contributed by atoms with van der Waals surface area (Å²) in [5.41, 5.74) is -2.10. The molecule has 12 nitrogen and oxygen atoms in total. The van der Waals surface area contributed by atoms with Crippen LogP contribution < -0.4 is 20.9 Å². The molecule has 1 fully saturated rings. The maximum absolute atomic E-state index is 14.1. The second-order valence-corrected chi connectivity index (χ2v) is 11.7. The van der Waals surface area contributed by atoms with Crippen molar-refractivity contribution >= 4 is 24.5 Å². The van der Waals surface area contributed by atoms with Crippen molar-refractivity contribution in [3.63, 3.8) is 0 Å². The summed E-state index contributed by atoms with van der Waals surface area (Å²) in [6, 6.07) is 11.3. The molecule has 1 aliphatic rings. The van der Waals surface area contributed by atoms with Crippen molar-refractivity contribution < 1.29 is 37.4 Å². The Kier molecular flexibility index (Phi) is 10.7. The number of aliphatic hydroxyl groups excluding tert-OH is 1. The molecule has 3 N–H and O–H groups in total. The zero-order chi connectivity index (χ0) is 30.3. The fourth-order valence-corrected chi connectivity index (χ4v) is 6.01. The molecule has 1 unspecified atom stereocenters. The fraction of sp³-hybridized carbons (Fsp3) is 0.464. The largest absolute Gasteiger partial charge is 0.465 e. The molecule has 0 saturated carbocycles. The molecule has 0 amide bonds. The highest BCUT2D eigenvalue weighted by atomic mass is 31.2. The number of aromatic nitrogens is 2. The van der Waals surface area contributed by atoms with Gasteiger partial charge < -0.3 is 19.1 Å². The molecule has 0 radical (unpaired) electrons. The molecule has 0 aliphatic carbocycles. The Balaban J connectivity index is 1.49. The van der Waals surface area contributed by atoms with E-state index in [1.807, 2.05) is 23.2 Å². The Bertz CT molecular complexity index is 1540. The van der Waals surface area contributed by atoms with Gasteiger partial charge in [-0.3, -0.25) is 23.7 Å². The molecule has 2 aromatic carbocycles. The molecule has 3 aromatic rings. The van der Waals surface area contributed by atoms with E-state index in [1.165, 1.54) is 6.92 Å². The first-order valence-electron chi connectivity index (χ1n) is 13.8. The summed E-state index contributed by atoms with van der Waals surface area (Å²) in [5.74, 6) is -1.62. The summed E-state index contributed by atoms with van der Waals surface area (Å²) in [5, 5.41) is 14.7. The lowest BCUT2D eigenvalue weighted by molar-refractivity contribution is -0.145. The van der Waals surface area contributed by atoms with Crippen molar-refractivity contribution in [2.75, 3.05) is 13.2 Å². The number of hydrogen-bond acceptors (Lipinski definition) is 9. The molecule has 228 valence electrons. The van der Waals surface area contributed by atoms with Crippen LogP contribution >= 0.6 is 7.75 Å². The van der Waals surface area contributed by atoms with Crippen molar-refractivity contribution in [1.29, 1.82) is 0 Å². The number of unbranched alkanes of at least 4 members (excludes halogenated alkanes) is 3. The first-order chi connectivity index (χ1) is 20.1. The average Bonchev–Trinajstić information content (AvgIpc) is 3.33. The number of esters is 1. The predicted molar refractivity (Wildman–Crippen MR) is 152 cm³/mol. The molecule has 1 aliphatic heterocycles. The highest BCUT2D eigenvalue weighted by molar-refractivity contribution is 7.52. The molecule has 4 rings (SSSR count). The van der Waals surface area contributed by atoms with Crippen molar-refractivity contribution in [2.45, 2.75) is 70.4 Å². The maximum Gasteiger partial charge on any atom is 0.459 e. The number of aromatic amines is 1. The van der Waals surface area contributed by atoms with Gasteiger partial charge in [-0.05, 0) is 24.8 Å². The molecular formula is C28H35FN3O9P. The van der Waals surface area contributed by atoms with Gasteiger partial charge in [0, 0.05) is 11.8 Å². The van der Waals surface area contributed by atoms with E-state index >= 15 is 0 Å². The number of rotatable bonds is 14. The lowest BCUT2D eigenvalue weighted by Gasteiger charge is -2.25. The minimum Gasteiger partial charge on any atom is -0.465 e. The minimum atomic E-state index is -4.32. The highest BCUT2D eigenvalue weighted by Gasteiger charge is 2.40. The van der Waals surface area contributed by atoms with Gasteiger partial charge in [0.2, 0.25) is 5.82 Å². The third-order valence-electron chi connectivity index (χ3n) is 6.76. The quantitative estimate of drug-likeness (QED) is 0.140. The number of ether oxygens (including phenoxy) is 2. The van der Waals surface area contributed by atoms with Gasteiger partial charge in [0.25, 0.3) is 5.56 Å². The van der Waals surface area contributed by atoms with Gasteiger partial charge >= 0.3 is 19.4 Å². The van der Waals surface area contributed by atoms with Crippen LogP contribution in [0.5, 0.6) is 5.75 Å². The van der Waals surface area contributed by atoms with Crippen LogP contribution in [-0.4, -0.2) is 52.1 Å². The minimum absolute atomic E-state index is 0.137. The topological polar surface area (TPSA) is 158 Å². The van der Waals surface area contributed by atoms with E-state index in [0.29, 0.717) is 18.0 Å². The van der Waals surface area contributed by atoms with Gasteiger partial charge in [0.1, 0.15) is 24.1 Å². The normalized spacial score (nSPS) is 20.7. The van der Waals surface area contributed by atoms with E-state index in [9.17, 15) is 28.4 Å². The molecule has 1 saturated heterocycles. The SMILES string of the molecule is CCCCCCOC(=O)[C@@H](C)NP(=O)(OC[C@H]1O[C@@H](n2cc(F)c(=O)[nH]c2=O)C[C@@H]1O)Oc1cccc2ccccc12. The summed E-state index contributed by atoms with van der Waals surface area (Å²) < 4.78 is 51.2. The Labute approximate surface area is 241 Å². The van der Waals surface area contributed by atoms with Gasteiger partial charge in [0.15, 0.2) is 0 Å². The first-order valence-corrected chi connectivity index (χ1v) is 15.4. The number of H-pyrrole nitrogens is 1. The van der Waals surface area contributed by atoms with E-state index in [-0.39, 0.29) is 18.8 Å². The predicted octanol–water partition coefficient (Wildman–Crippen LogP) is 3.78. The number of nitrogens with one attached hydrogen (secondary N) is 2. The van der Waals surface area contributed by atoms with Crippen LogP contribution in [0.1, 0.15) is 52.2 Å². The molecule has 0 bridgehead atoms. The van der Waals surface area contributed by atoms with Crippen LogP contribution in [0.4, 0.5) is 4.39 Å². The Morgan fingerprint density at radius 1 is 1.21 bits per heavy atom. The number of aliphatic hydroxyl groups is 1. The first kappa shape index (κ1) is 31.6. The molecule has 2 heterocycles. The summed E-state index contributed by atoms with van der Waals surface area (Å²) in [6.45, 7) is 3.27. The standard InChI is InChI=1S/C28H35FN3O9P/c1-3-4-5-8-14-38-27(35)18(2)31-42(37,41-23-13-9-11-19-10-6-7-12-20(19)23)39-17-24-22(33)15-25(40-24)32-16-21(29)26(34)30-28(32)36/h6-7,9-13,16,18,22,24-25,33H,3-5,8,14-15,17H2,1-2H3,(H,31,37)(H,30,34,36)/t18-,22+,24-,25-,42?/m1/s1. The monoisotopic (exact) mass is 607 g/mol. The van der Waals surface area contributed by atoms with Gasteiger partial charge in [0.05, 0.1) is 25.5 Å². The average molecular weight is 608 g/mol. The molecule has 0 spiro atoms. The number of carbonyl (C=O) groups excluding carboxylic acids is 1. The van der Waals surface area contributed by atoms with Crippen molar-refractivity contribution in [3.8, 4) is 5.75 Å². The van der Waals surface area contributed by atoms with Crippen LogP contribution in [0.15, 0.2) is 58.3 Å². The summed E-state index contributed by atoms with van der Waals surface area (Å²) in [4.78, 5) is 38.0. The van der Waals surface area contributed by atoms with Gasteiger partial charge in [-0.2, -0.15) is 9.48 Å². The van der Waals surface area contributed by atoms with E-state index in [2.05, 4.69) is 12.0 Å². The second kappa shape index (κ2) is 14.2. The second-order valence-electron chi connectivity index (χ2n) is 10.0. The molecule has 14 heteroatoms. The Morgan fingerprint density at radius 2 is 1.98 bits per heavy atom. The van der Waals surface area contributed by atoms with E-state index in [4.69, 9.17) is 18.5 Å². The summed E-state index contributed by atoms with van der Waals surface area (Å²) >= 11 is 0. The van der Waals surface area contributed by atoms with Crippen LogP contribution in [0.3, 0.4) is 0 Å². The number of halogens is 1. The highest BCUT2D eigenvalue weighted by Crippen LogP contribution is 2.47. The number of fused-ring (bicyclic) bond motifs is 1. The maximum atomic E-state index is 14.1. The smallest absolute Gasteiger partial charge is 0.459 e. The van der Waals surface area contributed by atoms with Crippen LogP contribution in [0, 0.1) is 5.82 Å². The fourth-order valence-electron chi connectivity index (χ4n) is 4.49.